The predicted octanol–water partition coefficient (Wildman–Crippen LogP) is 1.33. The zero-order valence-corrected chi connectivity index (χ0v) is 7.24. The fourth-order valence-corrected chi connectivity index (χ4v) is 1.33. The molecule has 1 aromatic rings. The van der Waals surface area contributed by atoms with Crippen molar-refractivity contribution in [1.29, 1.82) is 0 Å². The van der Waals surface area contributed by atoms with Crippen LogP contribution in [-0.4, -0.2) is 11.1 Å². The van der Waals surface area contributed by atoms with Gasteiger partial charge in [0.2, 0.25) is 0 Å². The number of carboxylic acids is 1. The number of carboxylic acid groups (broad SMARTS) is 1. The Morgan fingerprint density at radius 2 is 2.27 bits per heavy atom. The van der Waals surface area contributed by atoms with Gasteiger partial charge in [0.25, 0.3) is 0 Å². The van der Waals surface area contributed by atoms with Crippen molar-refractivity contribution in [3.8, 4) is 0 Å². The predicted molar refractivity (Wildman–Crippen MR) is 46.4 cm³/mol. The summed E-state index contributed by atoms with van der Waals surface area (Å²) in [6.07, 6.45) is 0. The molecule has 0 spiro atoms. The first kappa shape index (κ1) is 10.4. The van der Waals surface area contributed by atoms with Crippen molar-refractivity contribution in [2.24, 2.45) is 5.73 Å². The fraction of sp³-hybridized carbons (Fsp3) is 0.167. The summed E-state index contributed by atoms with van der Waals surface area (Å²) in [5.41, 5.74) is 5.28. The molecule has 3 N–H and O–H groups in total. The molecule has 0 saturated carbocycles. The zero-order valence-electron chi connectivity index (χ0n) is 5.61. The van der Waals surface area contributed by atoms with Gasteiger partial charge in [0.05, 0.1) is 0 Å². The molecule has 0 radical (unpaired) electrons. The molecule has 0 aliphatic carbocycles. The van der Waals surface area contributed by atoms with E-state index in [4.69, 9.17) is 10.8 Å². The molecule has 0 saturated heterocycles. The minimum atomic E-state index is -0.885. The number of hydrogen-bond donors (Lipinski definition) is 2. The van der Waals surface area contributed by atoms with Crippen molar-refractivity contribution in [2.45, 2.75) is 6.54 Å². The number of halogens is 1. The average molecular weight is 194 g/mol. The van der Waals surface area contributed by atoms with Gasteiger partial charge >= 0.3 is 5.97 Å². The summed E-state index contributed by atoms with van der Waals surface area (Å²) in [6, 6.07) is 3.29. The molecule has 3 nitrogen and oxygen atoms in total. The van der Waals surface area contributed by atoms with Crippen molar-refractivity contribution in [2.75, 3.05) is 0 Å². The Labute approximate surface area is 74.3 Å². The lowest BCUT2D eigenvalue weighted by molar-refractivity contribution is 0.0702. The lowest BCUT2D eigenvalue weighted by Gasteiger charge is -1.83. The van der Waals surface area contributed by atoms with Gasteiger partial charge in [-0.25, -0.2) is 4.79 Å². The van der Waals surface area contributed by atoms with Gasteiger partial charge in [-0.05, 0) is 12.1 Å². The standard InChI is InChI=1S/C6H7NO2S.ClH/c7-3-4-1-2-5(10-4)6(8)9;/h1-2H,3,7H2,(H,8,9);1H. The molecule has 0 atom stereocenters. The summed E-state index contributed by atoms with van der Waals surface area (Å²) in [5, 5.41) is 8.46. The van der Waals surface area contributed by atoms with Crippen LogP contribution in [0, 0.1) is 0 Å². The Hall–Kier alpha value is -0.580. The molecule has 1 aromatic heterocycles. The Morgan fingerprint density at radius 1 is 1.64 bits per heavy atom. The molecule has 0 aliphatic rings. The minimum absolute atomic E-state index is 0. The SMILES string of the molecule is Cl.NCc1ccc(C(=O)O)s1. The quantitative estimate of drug-likeness (QED) is 0.745. The second kappa shape index (κ2) is 4.33. The molecule has 0 aromatic carbocycles. The lowest BCUT2D eigenvalue weighted by atomic mass is 10.4. The molecule has 0 amide bonds. The molecule has 0 unspecified atom stereocenters. The van der Waals surface area contributed by atoms with Crippen LogP contribution in [0.3, 0.4) is 0 Å². The Morgan fingerprint density at radius 3 is 2.55 bits per heavy atom. The number of carbonyl (C=O) groups is 1. The summed E-state index contributed by atoms with van der Waals surface area (Å²) in [6.45, 7) is 0.415. The van der Waals surface area contributed by atoms with Crippen LogP contribution in [0.2, 0.25) is 0 Å². The molecule has 11 heavy (non-hydrogen) atoms. The summed E-state index contributed by atoms with van der Waals surface area (Å²) in [7, 11) is 0. The van der Waals surface area contributed by atoms with Crippen LogP contribution in [-0.2, 0) is 6.54 Å². The normalized spacial score (nSPS) is 8.82. The minimum Gasteiger partial charge on any atom is -0.477 e. The molecular formula is C6H8ClNO2S. The van der Waals surface area contributed by atoms with Gasteiger partial charge in [-0.2, -0.15) is 0 Å². The number of thiophene rings is 1. The van der Waals surface area contributed by atoms with Crippen LogP contribution in [0.1, 0.15) is 14.5 Å². The molecule has 1 heterocycles. The highest BCUT2D eigenvalue weighted by molar-refractivity contribution is 7.13. The number of hydrogen-bond acceptors (Lipinski definition) is 3. The van der Waals surface area contributed by atoms with Crippen LogP contribution in [0.4, 0.5) is 0 Å². The van der Waals surface area contributed by atoms with E-state index in [1.54, 1.807) is 12.1 Å². The number of rotatable bonds is 2. The topological polar surface area (TPSA) is 63.3 Å². The molecule has 0 aliphatic heterocycles. The van der Waals surface area contributed by atoms with Crippen LogP contribution >= 0.6 is 23.7 Å². The van der Waals surface area contributed by atoms with Gasteiger partial charge in [0, 0.05) is 11.4 Å². The third-order valence-corrected chi connectivity index (χ3v) is 2.17. The van der Waals surface area contributed by atoms with E-state index in [0.29, 0.717) is 11.4 Å². The third-order valence-electron chi connectivity index (χ3n) is 1.07. The summed E-state index contributed by atoms with van der Waals surface area (Å²) in [5.74, 6) is -0.885. The maximum atomic E-state index is 10.3. The van der Waals surface area contributed by atoms with E-state index in [2.05, 4.69) is 0 Å². The Kier molecular flexibility index (Phi) is 4.10. The van der Waals surface area contributed by atoms with Gasteiger partial charge in [-0.1, -0.05) is 0 Å². The van der Waals surface area contributed by atoms with Gasteiger partial charge in [-0.3, -0.25) is 0 Å². The van der Waals surface area contributed by atoms with Crippen LogP contribution in [0.15, 0.2) is 12.1 Å². The largest absolute Gasteiger partial charge is 0.477 e. The highest BCUT2D eigenvalue weighted by atomic mass is 35.5. The molecule has 1 rings (SSSR count). The van der Waals surface area contributed by atoms with E-state index in [-0.39, 0.29) is 12.4 Å². The smallest absolute Gasteiger partial charge is 0.345 e. The molecule has 62 valence electrons. The second-order valence-electron chi connectivity index (χ2n) is 1.78. The van der Waals surface area contributed by atoms with E-state index in [0.717, 1.165) is 4.88 Å². The number of aromatic carboxylic acids is 1. The third kappa shape index (κ3) is 2.49. The molecule has 5 heteroatoms. The van der Waals surface area contributed by atoms with Gasteiger partial charge in [0.15, 0.2) is 0 Å². The van der Waals surface area contributed by atoms with Crippen molar-refractivity contribution < 1.29 is 9.90 Å². The van der Waals surface area contributed by atoms with Crippen molar-refractivity contribution in [1.82, 2.24) is 0 Å². The van der Waals surface area contributed by atoms with E-state index in [1.165, 1.54) is 11.3 Å². The first-order valence-corrected chi connectivity index (χ1v) is 3.57. The molecular weight excluding hydrogens is 186 g/mol. The van der Waals surface area contributed by atoms with E-state index >= 15 is 0 Å². The van der Waals surface area contributed by atoms with Crippen molar-refractivity contribution >= 4 is 29.7 Å². The van der Waals surface area contributed by atoms with Crippen molar-refractivity contribution in [3.05, 3.63) is 21.9 Å². The van der Waals surface area contributed by atoms with E-state index < -0.39 is 5.97 Å². The zero-order chi connectivity index (χ0) is 7.56. The highest BCUT2D eigenvalue weighted by Crippen LogP contribution is 2.14. The van der Waals surface area contributed by atoms with Crippen molar-refractivity contribution in [3.63, 3.8) is 0 Å². The lowest BCUT2D eigenvalue weighted by Crippen LogP contribution is -1.92. The second-order valence-corrected chi connectivity index (χ2v) is 2.94. The number of nitrogens with two attached hydrogens (primary N) is 1. The summed E-state index contributed by atoms with van der Waals surface area (Å²) in [4.78, 5) is 11.5. The van der Waals surface area contributed by atoms with Crippen LogP contribution in [0.25, 0.3) is 0 Å². The monoisotopic (exact) mass is 193 g/mol. The Balaban J connectivity index is 0.000001000. The highest BCUT2D eigenvalue weighted by Gasteiger charge is 2.04. The van der Waals surface area contributed by atoms with Crippen LogP contribution < -0.4 is 5.73 Å². The first-order valence-electron chi connectivity index (χ1n) is 2.76. The average Bonchev–Trinajstić information content (AvgIpc) is 2.34. The van der Waals surface area contributed by atoms with Gasteiger partial charge in [0.1, 0.15) is 4.88 Å². The molecule has 0 fully saturated rings. The maximum Gasteiger partial charge on any atom is 0.345 e. The Bertz CT molecular complexity index is 248. The fourth-order valence-electron chi connectivity index (χ4n) is 0.603. The van der Waals surface area contributed by atoms with Gasteiger partial charge < -0.3 is 10.8 Å². The van der Waals surface area contributed by atoms with Gasteiger partial charge in [-0.15, -0.1) is 23.7 Å². The van der Waals surface area contributed by atoms with E-state index in [9.17, 15) is 4.79 Å². The van der Waals surface area contributed by atoms with Crippen LogP contribution in [0.5, 0.6) is 0 Å². The first-order chi connectivity index (χ1) is 4.74. The van der Waals surface area contributed by atoms with E-state index in [1.807, 2.05) is 0 Å². The maximum absolute atomic E-state index is 10.3. The molecule has 0 bridgehead atoms. The summed E-state index contributed by atoms with van der Waals surface area (Å²) < 4.78 is 0. The summed E-state index contributed by atoms with van der Waals surface area (Å²) >= 11 is 1.22.